The number of nitrogens with zero attached hydrogens (tertiary/aromatic N) is 2. The monoisotopic (exact) mass is 318 g/mol. The summed E-state index contributed by atoms with van der Waals surface area (Å²) in [5.41, 5.74) is 0. The zero-order valence-electron chi connectivity index (χ0n) is 11.4. The summed E-state index contributed by atoms with van der Waals surface area (Å²) >= 11 is 0.938. The van der Waals surface area contributed by atoms with Crippen LogP contribution < -0.4 is 0 Å². The van der Waals surface area contributed by atoms with Crippen molar-refractivity contribution in [2.45, 2.75) is 24.8 Å². The number of piperazine rings is 1. The highest BCUT2D eigenvalue weighted by molar-refractivity contribution is 7.89. The predicted octanol–water partition coefficient (Wildman–Crippen LogP) is 1.16. The summed E-state index contributed by atoms with van der Waals surface area (Å²) in [4.78, 5) is 13.2. The fourth-order valence-electron chi connectivity index (χ4n) is 2.18. The molecule has 6 nitrogen and oxygen atoms in total. The van der Waals surface area contributed by atoms with Gasteiger partial charge in [-0.25, -0.2) is 13.2 Å². The number of hydrogen-bond acceptors (Lipinski definition) is 5. The molecule has 0 bridgehead atoms. The first kappa shape index (κ1) is 15.4. The third kappa shape index (κ3) is 3.03. The summed E-state index contributed by atoms with van der Waals surface area (Å²) in [5, 5.41) is 10.3. The molecule has 1 saturated heterocycles. The minimum atomic E-state index is -3.57. The molecule has 1 N–H and O–H groups in total. The Hall–Kier alpha value is -0.960. The van der Waals surface area contributed by atoms with Gasteiger partial charge in [0, 0.05) is 37.6 Å². The van der Waals surface area contributed by atoms with Crippen LogP contribution in [-0.4, -0.2) is 60.9 Å². The first-order valence-electron chi connectivity index (χ1n) is 6.38. The minimum absolute atomic E-state index is 0.0457. The van der Waals surface area contributed by atoms with Gasteiger partial charge in [0.05, 0.1) is 4.90 Å². The highest BCUT2D eigenvalue weighted by Gasteiger charge is 2.30. The van der Waals surface area contributed by atoms with Crippen molar-refractivity contribution in [3.8, 4) is 0 Å². The Labute approximate surface area is 122 Å². The Bertz CT molecular complexity index is 586. The standard InChI is InChI=1S/C12H18N2O4S2/c1-9(2)13-3-5-14(6-4-13)20(17,18)10-7-11(12(15)16)19-8-10/h7-9H,3-6H2,1-2H3,(H,15,16). The number of carbonyl (C=O) groups is 1. The van der Waals surface area contributed by atoms with E-state index in [0.29, 0.717) is 32.2 Å². The number of aromatic carboxylic acids is 1. The lowest BCUT2D eigenvalue weighted by molar-refractivity contribution is 0.0702. The fourth-order valence-corrected chi connectivity index (χ4v) is 4.70. The van der Waals surface area contributed by atoms with Crippen LogP contribution >= 0.6 is 11.3 Å². The second kappa shape index (κ2) is 5.80. The molecular formula is C12H18N2O4S2. The van der Waals surface area contributed by atoms with Gasteiger partial charge in [-0.15, -0.1) is 11.3 Å². The largest absolute Gasteiger partial charge is 0.477 e. The molecule has 0 amide bonds. The number of carboxylic acids is 1. The molecule has 20 heavy (non-hydrogen) atoms. The summed E-state index contributed by atoms with van der Waals surface area (Å²) in [6.45, 7) is 6.46. The van der Waals surface area contributed by atoms with Crippen LogP contribution in [0.3, 0.4) is 0 Å². The van der Waals surface area contributed by atoms with Crippen LogP contribution in [0.4, 0.5) is 0 Å². The number of carboxylic acid groups (broad SMARTS) is 1. The Morgan fingerprint density at radius 2 is 1.90 bits per heavy atom. The highest BCUT2D eigenvalue weighted by Crippen LogP contribution is 2.23. The van der Waals surface area contributed by atoms with Gasteiger partial charge in [0.25, 0.3) is 0 Å². The maximum atomic E-state index is 12.4. The van der Waals surface area contributed by atoms with Crippen molar-refractivity contribution in [2.75, 3.05) is 26.2 Å². The number of hydrogen-bond donors (Lipinski definition) is 1. The van der Waals surface area contributed by atoms with E-state index in [0.717, 1.165) is 11.3 Å². The maximum absolute atomic E-state index is 12.4. The van der Waals surface area contributed by atoms with E-state index in [4.69, 9.17) is 5.11 Å². The predicted molar refractivity (Wildman–Crippen MR) is 76.7 cm³/mol. The molecule has 0 aromatic carbocycles. The topological polar surface area (TPSA) is 77.9 Å². The molecule has 1 aromatic heterocycles. The fraction of sp³-hybridized carbons (Fsp3) is 0.583. The Kier molecular flexibility index (Phi) is 4.48. The molecule has 0 atom stereocenters. The van der Waals surface area contributed by atoms with Crippen LogP contribution in [-0.2, 0) is 10.0 Å². The molecule has 0 saturated carbocycles. The van der Waals surface area contributed by atoms with E-state index < -0.39 is 16.0 Å². The van der Waals surface area contributed by atoms with Crippen molar-refractivity contribution in [1.29, 1.82) is 0 Å². The summed E-state index contributed by atoms with van der Waals surface area (Å²) < 4.78 is 26.3. The number of thiophene rings is 1. The lowest BCUT2D eigenvalue weighted by Crippen LogP contribution is -2.50. The van der Waals surface area contributed by atoms with E-state index in [1.807, 2.05) is 0 Å². The Morgan fingerprint density at radius 3 is 2.35 bits per heavy atom. The van der Waals surface area contributed by atoms with Crippen LogP contribution in [0.5, 0.6) is 0 Å². The molecule has 0 aliphatic carbocycles. The van der Waals surface area contributed by atoms with Gasteiger partial charge in [0.1, 0.15) is 4.88 Å². The SMILES string of the molecule is CC(C)N1CCN(S(=O)(=O)c2csc(C(=O)O)c2)CC1. The third-order valence-electron chi connectivity index (χ3n) is 3.43. The lowest BCUT2D eigenvalue weighted by Gasteiger charge is -2.36. The third-order valence-corrected chi connectivity index (χ3v) is 6.37. The van der Waals surface area contributed by atoms with E-state index in [2.05, 4.69) is 18.7 Å². The van der Waals surface area contributed by atoms with Crippen molar-refractivity contribution in [1.82, 2.24) is 9.21 Å². The van der Waals surface area contributed by atoms with Crippen molar-refractivity contribution < 1.29 is 18.3 Å². The minimum Gasteiger partial charge on any atom is -0.477 e. The van der Waals surface area contributed by atoms with Crippen molar-refractivity contribution >= 4 is 27.3 Å². The molecule has 1 fully saturated rings. The van der Waals surface area contributed by atoms with E-state index >= 15 is 0 Å². The van der Waals surface area contributed by atoms with Gasteiger partial charge in [-0.1, -0.05) is 0 Å². The molecule has 0 spiro atoms. The van der Waals surface area contributed by atoms with Crippen LogP contribution in [0.15, 0.2) is 16.3 Å². The van der Waals surface area contributed by atoms with Gasteiger partial charge in [-0.05, 0) is 19.9 Å². The molecule has 1 aromatic rings. The van der Waals surface area contributed by atoms with E-state index in [9.17, 15) is 13.2 Å². The first-order chi connectivity index (χ1) is 9.32. The van der Waals surface area contributed by atoms with Crippen LogP contribution in [0.25, 0.3) is 0 Å². The summed E-state index contributed by atoms with van der Waals surface area (Å²) in [7, 11) is -3.57. The quantitative estimate of drug-likeness (QED) is 0.901. The van der Waals surface area contributed by atoms with Gasteiger partial charge in [0.15, 0.2) is 0 Å². The zero-order chi connectivity index (χ0) is 14.9. The molecule has 2 heterocycles. The summed E-state index contributed by atoms with van der Waals surface area (Å²) in [6.07, 6.45) is 0. The molecule has 1 aliphatic heterocycles. The zero-order valence-corrected chi connectivity index (χ0v) is 13.1. The smallest absolute Gasteiger partial charge is 0.345 e. The van der Waals surface area contributed by atoms with Crippen LogP contribution in [0.1, 0.15) is 23.5 Å². The molecule has 8 heteroatoms. The maximum Gasteiger partial charge on any atom is 0.345 e. The Morgan fingerprint density at radius 1 is 1.30 bits per heavy atom. The van der Waals surface area contributed by atoms with Gasteiger partial charge >= 0.3 is 5.97 Å². The van der Waals surface area contributed by atoms with Gasteiger partial charge in [0.2, 0.25) is 10.0 Å². The van der Waals surface area contributed by atoms with Crippen LogP contribution in [0.2, 0.25) is 0 Å². The van der Waals surface area contributed by atoms with E-state index in [1.165, 1.54) is 15.8 Å². The Balaban J connectivity index is 2.13. The first-order valence-corrected chi connectivity index (χ1v) is 8.70. The second-order valence-corrected chi connectivity index (χ2v) is 7.83. The molecule has 112 valence electrons. The van der Waals surface area contributed by atoms with Gasteiger partial charge in [-0.3, -0.25) is 4.90 Å². The average molecular weight is 318 g/mol. The molecule has 0 unspecified atom stereocenters. The van der Waals surface area contributed by atoms with E-state index in [-0.39, 0.29) is 9.77 Å². The van der Waals surface area contributed by atoms with Crippen molar-refractivity contribution in [3.63, 3.8) is 0 Å². The highest BCUT2D eigenvalue weighted by atomic mass is 32.2. The second-order valence-electron chi connectivity index (χ2n) is 4.99. The summed E-state index contributed by atoms with van der Waals surface area (Å²) in [5.74, 6) is -1.10. The van der Waals surface area contributed by atoms with E-state index in [1.54, 1.807) is 0 Å². The number of sulfonamides is 1. The van der Waals surface area contributed by atoms with Gasteiger partial charge < -0.3 is 5.11 Å². The van der Waals surface area contributed by atoms with Gasteiger partial charge in [-0.2, -0.15) is 4.31 Å². The number of rotatable bonds is 4. The van der Waals surface area contributed by atoms with Crippen LogP contribution in [0, 0.1) is 0 Å². The molecule has 0 radical (unpaired) electrons. The normalized spacial score (nSPS) is 18.6. The molecule has 2 rings (SSSR count). The van der Waals surface area contributed by atoms with Crippen molar-refractivity contribution in [2.24, 2.45) is 0 Å². The van der Waals surface area contributed by atoms with Crippen molar-refractivity contribution in [3.05, 3.63) is 16.3 Å². The molecule has 1 aliphatic rings. The molecular weight excluding hydrogens is 300 g/mol. The average Bonchev–Trinajstić information content (AvgIpc) is 2.89. The lowest BCUT2D eigenvalue weighted by atomic mass is 10.3. The summed E-state index contributed by atoms with van der Waals surface area (Å²) in [6, 6.07) is 1.64.